The minimum absolute atomic E-state index is 0.0576. The summed E-state index contributed by atoms with van der Waals surface area (Å²) in [6.07, 6.45) is 0.580. The van der Waals surface area contributed by atoms with Crippen molar-refractivity contribution in [3.63, 3.8) is 0 Å². The van der Waals surface area contributed by atoms with E-state index in [9.17, 15) is 13.2 Å². The molecule has 0 saturated heterocycles. The maximum atomic E-state index is 13.2. The first-order chi connectivity index (χ1) is 14.9. The molecule has 0 atom stereocenters. The summed E-state index contributed by atoms with van der Waals surface area (Å²) in [4.78, 5) is 18.2. The number of aryl methyl sites for hydroxylation is 1. The van der Waals surface area contributed by atoms with E-state index in [1.54, 1.807) is 6.07 Å². The zero-order valence-corrected chi connectivity index (χ0v) is 18.0. The second-order valence-electron chi connectivity index (χ2n) is 7.10. The van der Waals surface area contributed by atoms with Gasteiger partial charge in [0.25, 0.3) is 5.91 Å². The minimum atomic E-state index is -3.79. The fourth-order valence-electron chi connectivity index (χ4n) is 3.26. The summed E-state index contributed by atoms with van der Waals surface area (Å²) >= 11 is 0. The van der Waals surface area contributed by atoms with E-state index < -0.39 is 10.0 Å². The van der Waals surface area contributed by atoms with E-state index in [-0.39, 0.29) is 30.5 Å². The highest BCUT2D eigenvalue weighted by Crippen LogP contribution is 2.35. The molecule has 1 aliphatic heterocycles. The van der Waals surface area contributed by atoms with E-state index in [0.717, 1.165) is 5.56 Å². The van der Waals surface area contributed by atoms with Crippen molar-refractivity contribution in [2.75, 3.05) is 18.6 Å². The Morgan fingerprint density at radius 2 is 1.94 bits per heavy atom. The molecule has 0 bridgehead atoms. The van der Waals surface area contributed by atoms with Gasteiger partial charge >= 0.3 is 0 Å². The van der Waals surface area contributed by atoms with Gasteiger partial charge in [0.15, 0.2) is 12.4 Å². The molecule has 9 nitrogen and oxygen atoms in total. The van der Waals surface area contributed by atoms with Crippen molar-refractivity contribution in [3.8, 4) is 5.75 Å². The molecule has 0 fully saturated rings. The highest BCUT2D eigenvalue weighted by molar-refractivity contribution is 7.89. The van der Waals surface area contributed by atoms with E-state index in [1.165, 1.54) is 28.4 Å². The summed E-state index contributed by atoms with van der Waals surface area (Å²) in [7, 11) is -2.27. The molecular weight excluding hydrogens is 420 g/mol. The van der Waals surface area contributed by atoms with Crippen LogP contribution in [-0.2, 0) is 34.3 Å². The van der Waals surface area contributed by atoms with E-state index in [4.69, 9.17) is 9.26 Å². The van der Waals surface area contributed by atoms with Gasteiger partial charge in [-0.1, -0.05) is 42.4 Å². The molecule has 0 aliphatic carbocycles. The monoisotopic (exact) mass is 442 g/mol. The van der Waals surface area contributed by atoms with Crippen LogP contribution in [0, 0.1) is 0 Å². The number of nitrogens with zero attached hydrogens (tertiary/aromatic N) is 4. The molecule has 1 aliphatic rings. The van der Waals surface area contributed by atoms with Crippen LogP contribution >= 0.6 is 0 Å². The maximum Gasteiger partial charge on any atom is 0.265 e. The van der Waals surface area contributed by atoms with E-state index in [2.05, 4.69) is 10.1 Å². The number of sulfonamides is 1. The van der Waals surface area contributed by atoms with Crippen molar-refractivity contribution in [2.45, 2.75) is 31.3 Å². The van der Waals surface area contributed by atoms with Crippen molar-refractivity contribution >= 4 is 21.6 Å². The van der Waals surface area contributed by atoms with E-state index in [1.807, 2.05) is 37.3 Å². The maximum absolute atomic E-state index is 13.2. The lowest BCUT2D eigenvalue weighted by atomic mass is 10.2. The van der Waals surface area contributed by atoms with Gasteiger partial charge in [-0.15, -0.1) is 0 Å². The number of rotatable bonds is 7. The molecule has 162 valence electrons. The third-order valence-electron chi connectivity index (χ3n) is 4.94. The highest BCUT2D eigenvalue weighted by atomic mass is 32.2. The molecule has 1 amide bonds. The first-order valence-corrected chi connectivity index (χ1v) is 11.2. The summed E-state index contributed by atoms with van der Waals surface area (Å²) in [5.41, 5.74) is 1.23. The molecule has 0 unspecified atom stereocenters. The number of amides is 1. The smallest absolute Gasteiger partial charge is 0.265 e. The van der Waals surface area contributed by atoms with E-state index >= 15 is 0 Å². The third kappa shape index (κ3) is 4.30. The molecule has 31 heavy (non-hydrogen) atoms. The third-order valence-corrected chi connectivity index (χ3v) is 6.74. The van der Waals surface area contributed by atoms with Gasteiger partial charge in [0.2, 0.25) is 15.9 Å². The first-order valence-electron chi connectivity index (χ1n) is 9.77. The van der Waals surface area contributed by atoms with Crippen LogP contribution < -0.4 is 9.64 Å². The van der Waals surface area contributed by atoms with Crippen molar-refractivity contribution in [2.24, 2.45) is 0 Å². The van der Waals surface area contributed by atoms with Crippen LogP contribution in [0.15, 0.2) is 57.9 Å². The van der Waals surface area contributed by atoms with Crippen LogP contribution in [0.4, 0.5) is 5.69 Å². The van der Waals surface area contributed by atoms with Crippen LogP contribution in [0.3, 0.4) is 0 Å². The Labute approximate surface area is 180 Å². The first kappa shape index (κ1) is 21.0. The van der Waals surface area contributed by atoms with Crippen LogP contribution in [-0.4, -0.2) is 42.4 Å². The van der Waals surface area contributed by atoms with Gasteiger partial charge in [0, 0.05) is 20.0 Å². The molecule has 0 spiro atoms. The Kier molecular flexibility index (Phi) is 5.75. The lowest BCUT2D eigenvalue weighted by molar-refractivity contribution is -0.121. The summed E-state index contributed by atoms with van der Waals surface area (Å²) in [6.45, 7) is 2.02. The number of hydrogen-bond donors (Lipinski definition) is 0. The van der Waals surface area contributed by atoms with Gasteiger partial charge in [-0.2, -0.15) is 9.29 Å². The molecule has 3 aromatic rings. The molecule has 2 heterocycles. The molecule has 4 rings (SSSR count). The number of fused-ring (bicyclic) bond motifs is 1. The lowest BCUT2D eigenvalue weighted by Crippen LogP contribution is -2.38. The van der Waals surface area contributed by atoms with Gasteiger partial charge < -0.3 is 9.26 Å². The van der Waals surface area contributed by atoms with E-state index in [0.29, 0.717) is 29.6 Å². The Hall–Kier alpha value is -3.24. The summed E-state index contributed by atoms with van der Waals surface area (Å²) in [5.74, 6) is 0.910. The number of benzene rings is 2. The molecule has 10 heteroatoms. The molecule has 0 radical (unpaired) electrons. The van der Waals surface area contributed by atoms with Gasteiger partial charge in [-0.05, 0) is 23.8 Å². The Morgan fingerprint density at radius 1 is 1.16 bits per heavy atom. The fraction of sp³-hybridized carbons (Fsp3) is 0.286. The largest absolute Gasteiger partial charge is 0.482 e. The van der Waals surface area contributed by atoms with Crippen LogP contribution in [0.5, 0.6) is 5.75 Å². The standard InChI is InChI=1S/C21H22N4O5S/c1-3-20-22-19(23-30-20)13-25-17-11-16(9-10-18(17)29-14-21(25)26)31(27,28)24(2)12-15-7-5-4-6-8-15/h4-11H,3,12-14H2,1-2H3. The predicted molar refractivity (Wildman–Crippen MR) is 112 cm³/mol. The fourth-order valence-corrected chi connectivity index (χ4v) is 4.44. The van der Waals surface area contributed by atoms with Gasteiger partial charge in [-0.3, -0.25) is 9.69 Å². The number of ether oxygens (including phenoxy) is 1. The average molecular weight is 442 g/mol. The van der Waals surface area contributed by atoms with Crippen LogP contribution in [0.1, 0.15) is 24.2 Å². The van der Waals surface area contributed by atoms with Gasteiger partial charge in [-0.25, -0.2) is 8.42 Å². The van der Waals surface area contributed by atoms with Gasteiger partial charge in [0.05, 0.1) is 17.1 Å². The average Bonchev–Trinajstić information content (AvgIpc) is 3.24. The topological polar surface area (TPSA) is 106 Å². The molecular formula is C21H22N4O5S. The number of anilines is 1. The van der Waals surface area contributed by atoms with Crippen LogP contribution in [0.2, 0.25) is 0 Å². The number of hydrogen-bond acceptors (Lipinski definition) is 7. The number of aromatic nitrogens is 2. The quantitative estimate of drug-likeness (QED) is 0.553. The Bertz CT molecular complexity index is 1190. The zero-order valence-electron chi connectivity index (χ0n) is 17.2. The molecule has 1 aromatic heterocycles. The summed E-state index contributed by atoms with van der Waals surface area (Å²) in [5, 5.41) is 3.89. The summed E-state index contributed by atoms with van der Waals surface area (Å²) < 4.78 is 38.2. The zero-order chi connectivity index (χ0) is 22.0. The number of carbonyl (C=O) groups is 1. The van der Waals surface area contributed by atoms with Crippen molar-refractivity contribution < 1.29 is 22.5 Å². The molecule has 0 N–H and O–H groups in total. The van der Waals surface area contributed by atoms with Crippen molar-refractivity contribution in [3.05, 3.63) is 65.8 Å². The highest BCUT2D eigenvalue weighted by Gasteiger charge is 2.30. The Balaban J connectivity index is 1.64. The lowest BCUT2D eigenvalue weighted by Gasteiger charge is -2.29. The van der Waals surface area contributed by atoms with Crippen molar-refractivity contribution in [1.82, 2.24) is 14.4 Å². The second-order valence-corrected chi connectivity index (χ2v) is 9.15. The second kappa shape index (κ2) is 8.48. The SMILES string of the molecule is CCc1nc(CN2C(=O)COc3ccc(S(=O)(=O)N(C)Cc4ccccc4)cc32)no1. The molecule has 0 saturated carbocycles. The van der Waals surface area contributed by atoms with Gasteiger partial charge in [0.1, 0.15) is 5.75 Å². The Morgan fingerprint density at radius 3 is 2.65 bits per heavy atom. The normalized spacial score (nSPS) is 13.9. The van der Waals surface area contributed by atoms with Crippen molar-refractivity contribution in [1.29, 1.82) is 0 Å². The summed E-state index contributed by atoms with van der Waals surface area (Å²) in [6, 6.07) is 13.8. The number of carbonyl (C=O) groups excluding carboxylic acids is 1. The van der Waals surface area contributed by atoms with Crippen LogP contribution in [0.25, 0.3) is 0 Å². The minimum Gasteiger partial charge on any atom is -0.482 e. The molecule has 2 aromatic carbocycles. The predicted octanol–water partition coefficient (Wildman–Crippen LogP) is 2.38.